The van der Waals surface area contributed by atoms with Gasteiger partial charge in [-0.3, -0.25) is 4.79 Å². The molecular weight excluding hydrogens is 317 g/mol. The van der Waals surface area contributed by atoms with Crippen LogP contribution in [0.3, 0.4) is 0 Å². The maximum atomic E-state index is 13.4. The van der Waals surface area contributed by atoms with E-state index in [1.165, 1.54) is 6.07 Å². The topological polar surface area (TPSA) is 38.1 Å². The number of nitrogens with zero attached hydrogens (tertiary/aromatic N) is 3. The van der Waals surface area contributed by atoms with Gasteiger partial charge in [-0.05, 0) is 54.9 Å². The van der Waals surface area contributed by atoms with E-state index in [2.05, 4.69) is 9.55 Å². The van der Waals surface area contributed by atoms with Crippen molar-refractivity contribution < 1.29 is 9.18 Å². The van der Waals surface area contributed by atoms with Gasteiger partial charge in [-0.2, -0.15) is 0 Å². The molecule has 1 fully saturated rings. The van der Waals surface area contributed by atoms with Gasteiger partial charge in [0.25, 0.3) is 0 Å². The van der Waals surface area contributed by atoms with Crippen LogP contribution in [-0.4, -0.2) is 33.4 Å². The Labute approximate surface area is 147 Å². The third-order valence-corrected chi connectivity index (χ3v) is 5.80. The van der Waals surface area contributed by atoms with Gasteiger partial charge < -0.3 is 9.47 Å². The molecule has 1 aliphatic heterocycles. The van der Waals surface area contributed by atoms with Gasteiger partial charge in [0.05, 0.1) is 5.92 Å². The van der Waals surface area contributed by atoms with Crippen molar-refractivity contribution in [2.24, 2.45) is 13.0 Å². The summed E-state index contributed by atoms with van der Waals surface area (Å²) in [5, 5.41) is 0. The fourth-order valence-electron chi connectivity index (χ4n) is 4.27. The molecule has 0 spiro atoms. The predicted molar refractivity (Wildman–Crippen MR) is 93.7 cm³/mol. The highest BCUT2D eigenvalue weighted by Crippen LogP contribution is 2.35. The number of hydrogen-bond donors (Lipinski definition) is 0. The first kappa shape index (κ1) is 16.3. The third-order valence-electron chi connectivity index (χ3n) is 5.80. The minimum Gasteiger partial charge on any atom is -0.342 e. The number of likely N-dealkylation sites (tertiary alicyclic amines) is 1. The number of rotatable bonds is 3. The van der Waals surface area contributed by atoms with Gasteiger partial charge in [0.1, 0.15) is 11.6 Å². The van der Waals surface area contributed by atoms with Gasteiger partial charge in [-0.1, -0.05) is 6.07 Å². The number of aryl methyl sites for hydroxylation is 2. The molecule has 2 aromatic rings. The van der Waals surface area contributed by atoms with Crippen molar-refractivity contribution in [2.75, 3.05) is 13.1 Å². The molecule has 0 bridgehead atoms. The van der Waals surface area contributed by atoms with Crippen molar-refractivity contribution in [3.8, 4) is 0 Å². The molecule has 2 heterocycles. The number of imidazole rings is 1. The molecule has 4 nitrogen and oxygen atoms in total. The summed E-state index contributed by atoms with van der Waals surface area (Å²) in [4.78, 5) is 19.4. The van der Waals surface area contributed by atoms with Gasteiger partial charge >= 0.3 is 0 Å². The van der Waals surface area contributed by atoms with Crippen LogP contribution in [0.2, 0.25) is 0 Å². The average Bonchev–Trinajstić information content (AvgIpc) is 3.21. The normalized spacial score (nSPS) is 20.7. The number of piperidine rings is 1. The molecule has 1 atom stereocenters. The zero-order chi connectivity index (χ0) is 17.4. The van der Waals surface area contributed by atoms with Crippen molar-refractivity contribution in [3.05, 3.63) is 53.4 Å². The van der Waals surface area contributed by atoms with E-state index in [0.717, 1.165) is 62.1 Å². The summed E-state index contributed by atoms with van der Waals surface area (Å²) in [7, 11) is 2.03. The Bertz CT molecular complexity index is 777. The molecule has 0 N–H and O–H groups in total. The summed E-state index contributed by atoms with van der Waals surface area (Å²) >= 11 is 0. The number of carbonyl (C=O) groups excluding carboxylic acids is 1. The van der Waals surface area contributed by atoms with Crippen LogP contribution in [0.1, 0.15) is 42.1 Å². The molecule has 2 aliphatic rings. The smallest absolute Gasteiger partial charge is 0.230 e. The number of amides is 1. The second kappa shape index (κ2) is 6.62. The average molecular weight is 341 g/mol. The second-order valence-corrected chi connectivity index (χ2v) is 7.36. The second-order valence-electron chi connectivity index (χ2n) is 7.36. The van der Waals surface area contributed by atoms with Crippen LogP contribution in [0.25, 0.3) is 0 Å². The zero-order valence-corrected chi connectivity index (χ0v) is 14.6. The molecule has 25 heavy (non-hydrogen) atoms. The monoisotopic (exact) mass is 341 g/mol. The quantitative estimate of drug-likeness (QED) is 0.860. The number of fused-ring (bicyclic) bond motifs is 1. The molecule has 1 aliphatic carbocycles. The Morgan fingerprint density at radius 2 is 2.08 bits per heavy atom. The SMILES string of the molecule is Cn1ccnc1CC1CCN(C(=O)C2CCc3cc(F)ccc32)CC1. The van der Waals surface area contributed by atoms with E-state index < -0.39 is 0 Å². The molecule has 4 rings (SSSR count). The van der Waals surface area contributed by atoms with E-state index >= 15 is 0 Å². The zero-order valence-electron chi connectivity index (χ0n) is 14.6. The van der Waals surface area contributed by atoms with Gasteiger partial charge in [0.2, 0.25) is 5.91 Å². The minimum absolute atomic E-state index is 0.0818. The number of carbonyl (C=O) groups is 1. The lowest BCUT2D eigenvalue weighted by molar-refractivity contribution is -0.134. The summed E-state index contributed by atoms with van der Waals surface area (Å²) in [5.74, 6) is 1.65. The Morgan fingerprint density at radius 3 is 2.80 bits per heavy atom. The van der Waals surface area contributed by atoms with Crippen LogP contribution in [0, 0.1) is 11.7 Å². The highest BCUT2D eigenvalue weighted by molar-refractivity contribution is 5.85. The summed E-state index contributed by atoms with van der Waals surface area (Å²) < 4.78 is 15.4. The third kappa shape index (κ3) is 3.20. The van der Waals surface area contributed by atoms with Crippen molar-refractivity contribution in [1.82, 2.24) is 14.5 Å². The van der Waals surface area contributed by atoms with Crippen LogP contribution < -0.4 is 0 Å². The highest BCUT2D eigenvalue weighted by atomic mass is 19.1. The lowest BCUT2D eigenvalue weighted by Crippen LogP contribution is -2.41. The number of hydrogen-bond acceptors (Lipinski definition) is 2. The molecule has 5 heteroatoms. The van der Waals surface area contributed by atoms with Gasteiger partial charge in [0.15, 0.2) is 0 Å². The fourth-order valence-corrected chi connectivity index (χ4v) is 4.27. The van der Waals surface area contributed by atoms with E-state index in [-0.39, 0.29) is 17.6 Å². The molecule has 1 amide bonds. The van der Waals surface area contributed by atoms with E-state index in [9.17, 15) is 9.18 Å². The largest absolute Gasteiger partial charge is 0.342 e. The molecule has 1 aromatic carbocycles. The van der Waals surface area contributed by atoms with Crippen LogP contribution in [0.5, 0.6) is 0 Å². The lowest BCUT2D eigenvalue weighted by atomic mass is 9.91. The standard InChI is InChI=1S/C20H24FN3O/c1-23-11-8-22-19(23)12-14-6-9-24(10-7-14)20(25)18-4-2-15-13-16(21)3-5-17(15)18/h3,5,8,11,13-14,18H,2,4,6-7,9-10,12H2,1H3. The molecule has 132 valence electrons. The van der Waals surface area contributed by atoms with E-state index in [0.29, 0.717) is 5.92 Å². The Balaban J connectivity index is 1.37. The van der Waals surface area contributed by atoms with Gasteiger partial charge in [-0.25, -0.2) is 9.37 Å². The van der Waals surface area contributed by atoms with Crippen molar-refractivity contribution >= 4 is 5.91 Å². The number of aromatic nitrogens is 2. The maximum Gasteiger partial charge on any atom is 0.230 e. The summed E-state index contributed by atoms with van der Waals surface area (Å²) in [6.45, 7) is 1.64. The summed E-state index contributed by atoms with van der Waals surface area (Å²) in [5.41, 5.74) is 2.03. The molecular formula is C20H24FN3O. The fraction of sp³-hybridized carbons (Fsp3) is 0.500. The minimum atomic E-state index is -0.207. The molecule has 1 unspecified atom stereocenters. The van der Waals surface area contributed by atoms with Crippen molar-refractivity contribution in [2.45, 2.75) is 38.0 Å². The molecule has 1 saturated heterocycles. The maximum absolute atomic E-state index is 13.4. The van der Waals surface area contributed by atoms with Crippen molar-refractivity contribution in [1.29, 1.82) is 0 Å². The number of halogens is 1. The number of benzene rings is 1. The molecule has 0 saturated carbocycles. The molecule has 0 radical (unpaired) electrons. The first-order valence-corrected chi connectivity index (χ1v) is 9.15. The van der Waals surface area contributed by atoms with Crippen LogP contribution in [0.4, 0.5) is 4.39 Å². The predicted octanol–water partition coefficient (Wildman–Crippen LogP) is 3.07. The Kier molecular flexibility index (Phi) is 4.32. The summed E-state index contributed by atoms with van der Waals surface area (Å²) in [6.07, 6.45) is 8.48. The lowest BCUT2D eigenvalue weighted by Gasteiger charge is -2.33. The van der Waals surface area contributed by atoms with E-state index in [1.54, 1.807) is 12.1 Å². The van der Waals surface area contributed by atoms with Gasteiger partial charge in [-0.15, -0.1) is 0 Å². The van der Waals surface area contributed by atoms with E-state index in [4.69, 9.17) is 0 Å². The Hall–Kier alpha value is -2.17. The molecule has 1 aromatic heterocycles. The Morgan fingerprint density at radius 1 is 1.28 bits per heavy atom. The summed E-state index contributed by atoms with van der Waals surface area (Å²) in [6, 6.07) is 4.86. The van der Waals surface area contributed by atoms with Crippen LogP contribution in [0.15, 0.2) is 30.6 Å². The van der Waals surface area contributed by atoms with Crippen LogP contribution in [-0.2, 0) is 24.7 Å². The van der Waals surface area contributed by atoms with Crippen molar-refractivity contribution in [3.63, 3.8) is 0 Å². The highest BCUT2D eigenvalue weighted by Gasteiger charge is 2.33. The first-order valence-electron chi connectivity index (χ1n) is 9.15. The first-order chi connectivity index (χ1) is 12.1. The van der Waals surface area contributed by atoms with Gasteiger partial charge in [0, 0.05) is 39.0 Å². The van der Waals surface area contributed by atoms with Crippen LogP contribution >= 0.6 is 0 Å². The van der Waals surface area contributed by atoms with E-state index in [1.807, 2.05) is 24.3 Å².